The molecule has 1 amide bonds. The Bertz CT molecular complexity index is 412. The van der Waals surface area contributed by atoms with Gasteiger partial charge in [0.25, 0.3) is 0 Å². The van der Waals surface area contributed by atoms with E-state index in [0.29, 0.717) is 0 Å². The second-order valence-corrected chi connectivity index (χ2v) is 4.51. The molecule has 2 aliphatic heterocycles. The maximum Gasteiger partial charge on any atom is 0.244 e. The highest BCUT2D eigenvalue weighted by molar-refractivity contribution is 5.84. The molecule has 0 radical (unpaired) electrons. The average molecular weight is 216 g/mol. The number of hydrogen-bond donors (Lipinski definition) is 1. The van der Waals surface area contributed by atoms with Gasteiger partial charge in [0.15, 0.2) is 0 Å². The number of likely N-dealkylation sites (tertiary alicyclic amines) is 1. The predicted molar refractivity (Wildman–Crippen MR) is 62.1 cm³/mol. The van der Waals surface area contributed by atoms with E-state index in [1.807, 2.05) is 11.0 Å². The molecule has 1 atom stereocenters. The summed E-state index contributed by atoms with van der Waals surface area (Å²) in [6.07, 6.45) is 2.18. The number of carbonyl (C=O) groups is 1. The van der Waals surface area contributed by atoms with Crippen LogP contribution in [0, 0.1) is 0 Å². The van der Waals surface area contributed by atoms with Gasteiger partial charge in [0.1, 0.15) is 6.04 Å². The molecule has 1 aromatic rings. The normalized spacial score (nSPS) is 23.5. The first kappa shape index (κ1) is 9.85. The molecule has 1 fully saturated rings. The molecule has 1 N–H and O–H groups in total. The molecule has 0 saturated carbocycles. The Kier molecular flexibility index (Phi) is 2.40. The van der Waals surface area contributed by atoms with Gasteiger partial charge in [0, 0.05) is 19.6 Å². The fourth-order valence-electron chi connectivity index (χ4n) is 2.44. The molecule has 2 heterocycles. The Labute approximate surface area is 95.4 Å². The predicted octanol–water partition coefficient (Wildman–Crippen LogP) is 1.11. The summed E-state index contributed by atoms with van der Waals surface area (Å²) in [5.41, 5.74) is 2.49. The van der Waals surface area contributed by atoms with Gasteiger partial charge in [-0.3, -0.25) is 4.79 Å². The number of carbonyl (C=O) groups excluding carboxylic acids is 1. The van der Waals surface area contributed by atoms with Gasteiger partial charge >= 0.3 is 0 Å². The number of benzene rings is 1. The number of rotatable bonds is 1. The van der Waals surface area contributed by atoms with Crippen LogP contribution < -0.4 is 5.32 Å². The van der Waals surface area contributed by atoms with E-state index in [4.69, 9.17) is 0 Å². The molecule has 16 heavy (non-hydrogen) atoms. The number of amides is 1. The van der Waals surface area contributed by atoms with Crippen molar-refractivity contribution >= 4 is 5.91 Å². The largest absolute Gasteiger partial charge is 0.341 e. The molecular formula is C13H16N2O. The molecule has 2 aliphatic rings. The van der Waals surface area contributed by atoms with Crippen molar-refractivity contribution in [2.24, 2.45) is 0 Å². The van der Waals surface area contributed by atoms with Crippen molar-refractivity contribution in [2.75, 3.05) is 19.6 Å². The Morgan fingerprint density at radius 3 is 2.88 bits per heavy atom. The minimum absolute atomic E-state index is 0.106. The molecular weight excluding hydrogens is 200 g/mol. The topological polar surface area (TPSA) is 32.3 Å². The summed E-state index contributed by atoms with van der Waals surface area (Å²) >= 11 is 0. The van der Waals surface area contributed by atoms with Gasteiger partial charge in [-0.1, -0.05) is 24.3 Å². The van der Waals surface area contributed by atoms with E-state index >= 15 is 0 Å². The molecule has 3 rings (SSSR count). The first-order valence-corrected chi connectivity index (χ1v) is 5.96. The van der Waals surface area contributed by atoms with Crippen molar-refractivity contribution < 1.29 is 4.79 Å². The van der Waals surface area contributed by atoms with E-state index in [-0.39, 0.29) is 11.9 Å². The van der Waals surface area contributed by atoms with Gasteiger partial charge in [-0.05, 0) is 24.0 Å². The van der Waals surface area contributed by atoms with Crippen LogP contribution in [0.15, 0.2) is 24.3 Å². The van der Waals surface area contributed by atoms with E-state index in [0.717, 1.165) is 32.5 Å². The molecule has 84 valence electrons. The van der Waals surface area contributed by atoms with Crippen molar-refractivity contribution in [1.82, 2.24) is 10.2 Å². The molecule has 3 nitrogen and oxygen atoms in total. The van der Waals surface area contributed by atoms with Crippen LogP contribution in [-0.4, -0.2) is 30.4 Å². The summed E-state index contributed by atoms with van der Waals surface area (Å²) in [5, 5.41) is 3.33. The zero-order valence-electron chi connectivity index (χ0n) is 9.28. The summed E-state index contributed by atoms with van der Waals surface area (Å²) in [4.78, 5) is 14.2. The maximum atomic E-state index is 12.2. The van der Waals surface area contributed by atoms with Crippen molar-refractivity contribution in [3.63, 3.8) is 0 Å². The minimum Gasteiger partial charge on any atom is -0.341 e. The Morgan fingerprint density at radius 1 is 1.31 bits per heavy atom. The molecule has 0 spiro atoms. The van der Waals surface area contributed by atoms with Gasteiger partial charge in [-0.2, -0.15) is 0 Å². The van der Waals surface area contributed by atoms with Crippen molar-refractivity contribution in [3.05, 3.63) is 35.4 Å². The van der Waals surface area contributed by atoms with Crippen LogP contribution in [0.1, 0.15) is 23.6 Å². The lowest BCUT2D eigenvalue weighted by Gasteiger charge is -2.36. The van der Waals surface area contributed by atoms with Crippen LogP contribution in [0.25, 0.3) is 0 Å². The monoisotopic (exact) mass is 216 g/mol. The first-order valence-electron chi connectivity index (χ1n) is 5.96. The van der Waals surface area contributed by atoms with Crippen LogP contribution in [0.5, 0.6) is 0 Å². The minimum atomic E-state index is -0.106. The Hall–Kier alpha value is -1.35. The van der Waals surface area contributed by atoms with Crippen LogP contribution in [-0.2, 0) is 11.2 Å². The SMILES string of the molecule is O=C(C1NCCc2ccccc21)N1CCC1. The van der Waals surface area contributed by atoms with E-state index in [2.05, 4.69) is 23.5 Å². The van der Waals surface area contributed by atoms with Gasteiger partial charge in [-0.25, -0.2) is 0 Å². The zero-order chi connectivity index (χ0) is 11.0. The first-order chi connectivity index (χ1) is 7.86. The van der Waals surface area contributed by atoms with Crippen molar-refractivity contribution in [1.29, 1.82) is 0 Å². The van der Waals surface area contributed by atoms with Gasteiger partial charge in [0.2, 0.25) is 5.91 Å². The summed E-state index contributed by atoms with van der Waals surface area (Å²) in [5.74, 6) is 0.249. The highest BCUT2D eigenvalue weighted by atomic mass is 16.2. The van der Waals surface area contributed by atoms with Crippen LogP contribution in [0.2, 0.25) is 0 Å². The van der Waals surface area contributed by atoms with Crippen LogP contribution >= 0.6 is 0 Å². The molecule has 0 aliphatic carbocycles. The smallest absolute Gasteiger partial charge is 0.244 e. The van der Waals surface area contributed by atoms with E-state index in [1.54, 1.807) is 0 Å². The van der Waals surface area contributed by atoms with Crippen molar-refractivity contribution in [3.8, 4) is 0 Å². The standard InChI is InChI=1S/C13H16N2O/c16-13(15-8-3-9-15)12-11-5-2-1-4-10(11)6-7-14-12/h1-2,4-5,12,14H,3,6-9H2. The summed E-state index contributed by atoms with van der Waals surface area (Å²) in [6.45, 7) is 2.76. The number of nitrogens with zero attached hydrogens (tertiary/aromatic N) is 1. The lowest BCUT2D eigenvalue weighted by atomic mass is 9.93. The summed E-state index contributed by atoms with van der Waals surface area (Å²) in [7, 11) is 0. The highest BCUT2D eigenvalue weighted by Crippen LogP contribution is 2.25. The maximum absolute atomic E-state index is 12.2. The third kappa shape index (κ3) is 1.52. The molecule has 0 aromatic heterocycles. The number of nitrogens with one attached hydrogen (secondary N) is 1. The van der Waals surface area contributed by atoms with Gasteiger partial charge < -0.3 is 10.2 Å². The Balaban J connectivity index is 1.89. The van der Waals surface area contributed by atoms with Crippen LogP contribution in [0.4, 0.5) is 0 Å². The Morgan fingerprint density at radius 2 is 2.12 bits per heavy atom. The van der Waals surface area contributed by atoms with E-state index < -0.39 is 0 Å². The quantitative estimate of drug-likeness (QED) is 0.762. The lowest BCUT2D eigenvalue weighted by molar-refractivity contribution is -0.137. The second-order valence-electron chi connectivity index (χ2n) is 4.51. The van der Waals surface area contributed by atoms with E-state index in [1.165, 1.54) is 11.1 Å². The highest BCUT2D eigenvalue weighted by Gasteiger charge is 2.31. The second kappa shape index (κ2) is 3.91. The van der Waals surface area contributed by atoms with Gasteiger partial charge in [0.05, 0.1) is 0 Å². The molecule has 0 bridgehead atoms. The molecule has 1 saturated heterocycles. The molecule has 3 heteroatoms. The lowest BCUT2D eigenvalue weighted by Crippen LogP contribution is -2.49. The van der Waals surface area contributed by atoms with Crippen LogP contribution in [0.3, 0.4) is 0 Å². The third-order valence-corrected chi connectivity index (χ3v) is 3.52. The fraction of sp³-hybridized carbons (Fsp3) is 0.462. The van der Waals surface area contributed by atoms with Crippen molar-refractivity contribution in [2.45, 2.75) is 18.9 Å². The summed E-state index contributed by atoms with van der Waals surface area (Å²) < 4.78 is 0. The van der Waals surface area contributed by atoms with E-state index in [9.17, 15) is 4.79 Å². The van der Waals surface area contributed by atoms with Gasteiger partial charge in [-0.15, -0.1) is 0 Å². The number of hydrogen-bond acceptors (Lipinski definition) is 2. The third-order valence-electron chi connectivity index (χ3n) is 3.52. The fourth-order valence-corrected chi connectivity index (χ4v) is 2.44. The molecule has 1 unspecified atom stereocenters. The number of fused-ring (bicyclic) bond motifs is 1. The zero-order valence-corrected chi connectivity index (χ0v) is 9.28. The average Bonchev–Trinajstić information content (AvgIpc) is 2.26. The summed E-state index contributed by atoms with van der Waals surface area (Å²) in [6, 6.07) is 8.17. The molecule has 1 aromatic carbocycles.